The fraction of sp³-hybridized carbons (Fsp3) is 0.556. The van der Waals surface area contributed by atoms with Crippen LogP contribution in [0.2, 0.25) is 0 Å². The van der Waals surface area contributed by atoms with E-state index in [1.165, 1.54) is 0 Å². The van der Waals surface area contributed by atoms with Crippen molar-refractivity contribution in [1.82, 2.24) is 4.90 Å². The molecule has 0 aromatic rings. The highest BCUT2D eigenvalue weighted by Gasteiger charge is 2.30. The average Bonchev–Trinajstić information content (AvgIpc) is 2.16. The predicted octanol–water partition coefficient (Wildman–Crippen LogP) is 1.36. The minimum atomic E-state index is -1.08. The van der Waals surface area contributed by atoms with Gasteiger partial charge in [-0.25, -0.2) is 4.79 Å². The van der Waals surface area contributed by atoms with Crippen molar-refractivity contribution in [3.05, 3.63) is 11.8 Å². The van der Waals surface area contributed by atoms with Gasteiger partial charge in [0.15, 0.2) is 0 Å². The molecule has 1 rings (SSSR count). The van der Waals surface area contributed by atoms with E-state index >= 15 is 0 Å². The standard InChI is InChI=1S/C9H13NO4/c1-2-7-4-3-6(8(11)12)5-10(7)9(13)14/h2,6H,3-5H2,1H3,(H,11,12)(H,13,14). The Morgan fingerprint density at radius 3 is 2.57 bits per heavy atom. The summed E-state index contributed by atoms with van der Waals surface area (Å²) in [6, 6.07) is 0. The Morgan fingerprint density at radius 2 is 2.14 bits per heavy atom. The van der Waals surface area contributed by atoms with E-state index in [4.69, 9.17) is 10.2 Å². The number of hydrogen-bond donors (Lipinski definition) is 2. The van der Waals surface area contributed by atoms with Crippen molar-refractivity contribution in [2.45, 2.75) is 19.8 Å². The highest BCUT2D eigenvalue weighted by Crippen LogP contribution is 2.24. The molecule has 1 amide bonds. The molecule has 1 aliphatic heterocycles. The third kappa shape index (κ3) is 2.04. The van der Waals surface area contributed by atoms with Crippen molar-refractivity contribution in [2.75, 3.05) is 6.54 Å². The molecular weight excluding hydrogens is 186 g/mol. The molecule has 1 aliphatic rings. The first-order chi connectivity index (χ1) is 6.56. The van der Waals surface area contributed by atoms with E-state index in [2.05, 4.69) is 0 Å². The SMILES string of the molecule is CC=C1CCC(C(=O)O)CN1C(=O)O. The Morgan fingerprint density at radius 1 is 1.50 bits per heavy atom. The highest BCUT2D eigenvalue weighted by molar-refractivity contribution is 5.73. The quantitative estimate of drug-likeness (QED) is 0.668. The largest absolute Gasteiger partial charge is 0.481 e. The zero-order valence-corrected chi connectivity index (χ0v) is 7.93. The summed E-state index contributed by atoms with van der Waals surface area (Å²) in [6.07, 6.45) is 1.66. The van der Waals surface area contributed by atoms with Crippen LogP contribution in [0.25, 0.3) is 0 Å². The van der Waals surface area contributed by atoms with Gasteiger partial charge in [-0.05, 0) is 19.8 Å². The van der Waals surface area contributed by atoms with Gasteiger partial charge in [-0.1, -0.05) is 6.08 Å². The van der Waals surface area contributed by atoms with E-state index in [9.17, 15) is 9.59 Å². The number of carbonyl (C=O) groups is 2. The molecule has 1 unspecified atom stereocenters. The third-order valence-corrected chi connectivity index (χ3v) is 2.41. The van der Waals surface area contributed by atoms with Crippen molar-refractivity contribution < 1.29 is 19.8 Å². The van der Waals surface area contributed by atoms with Gasteiger partial charge in [0.25, 0.3) is 0 Å². The third-order valence-electron chi connectivity index (χ3n) is 2.41. The summed E-state index contributed by atoms with van der Waals surface area (Å²) >= 11 is 0. The Hall–Kier alpha value is -1.52. The van der Waals surface area contributed by atoms with Crippen molar-refractivity contribution in [1.29, 1.82) is 0 Å². The predicted molar refractivity (Wildman–Crippen MR) is 48.8 cm³/mol. The average molecular weight is 199 g/mol. The number of carboxylic acids is 1. The van der Waals surface area contributed by atoms with Gasteiger partial charge in [-0.15, -0.1) is 0 Å². The number of hydrogen-bond acceptors (Lipinski definition) is 2. The number of rotatable bonds is 1. The van der Waals surface area contributed by atoms with Crippen LogP contribution in [0.1, 0.15) is 19.8 Å². The maximum atomic E-state index is 10.8. The second-order valence-corrected chi connectivity index (χ2v) is 3.25. The van der Waals surface area contributed by atoms with E-state index < -0.39 is 18.0 Å². The van der Waals surface area contributed by atoms with E-state index in [0.717, 1.165) is 4.90 Å². The van der Waals surface area contributed by atoms with Crippen molar-refractivity contribution in [3.63, 3.8) is 0 Å². The Labute approximate surface area is 81.6 Å². The minimum absolute atomic E-state index is 0.0599. The summed E-state index contributed by atoms with van der Waals surface area (Å²) in [4.78, 5) is 22.6. The van der Waals surface area contributed by atoms with Crippen molar-refractivity contribution in [2.24, 2.45) is 5.92 Å². The van der Waals surface area contributed by atoms with Gasteiger partial charge in [0.05, 0.1) is 5.92 Å². The number of nitrogens with zero attached hydrogens (tertiary/aromatic N) is 1. The summed E-state index contributed by atoms with van der Waals surface area (Å²) in [7, 11) is 0. The molecule has 0 aromatic heterocycles. The first-order valence-electron chi connectivity index (χ1n) is 4.44. The molecule has 0 saturated carbocycles. The molecule has 2 N–H and O–H groups in total. The molecule has 1 atom stereocenters. The first-order valence-corrected chi connectivity index (χ1v) is 4.44. The molecule has 1 fully saturated rings. The summed E-state index contributed by atoms with van der Waals surface area (Å²) in [5.74, 6) is -1.50. The van der Waals surface area contributed by atoms with Crippen LogP contribution in [0.4, 0.5) is 4.79 Å². The molecule has 0 aromatic carbocycles. The fourth-order valence-corrected chi connectivity index (χ4v) is 1.59. The lowest BCUT2D eigenvalue weighted by atomic mass is 9.96. The van der Waals surface area contributed by atoms with Crippen LogP contribution in [-0.2, 0) is 4.79 Å². The number of aliphatic carboxylic acids is 1. The molecule has 5 nitrogen and oxygen atoms in total. The van der Waals surface area contributed by atoms with Crippen LogP contribution < -0.4 is 0 Å². The van der Waals surface area contributed by atoms with Crippen molar-refractivity contribution >= 4 is 12.1 Å². The summed E-state index contributed by atoms with van der Waals surface area (Å²) in [5, 5.41) is 17.6. The number of piperidine rings is 1. The normalized spacial score (nSPS) is 25.1. The van der Waals surface area contributed by atoms with E-state index in [0.29, 0.717) is 18.5 Å². The maximum Gasteiger partial charge on any atom is 0.411 e. The molecule has 14 heavy (non-hydrogen) atoms. The molecule has 0 radical (unpaired) electrons. The van der Waals surface area contributed by atoms with Gasteiger partial charge in [-0.3, -0.25) is 9.69 Å². The molecule has 1 saturated heterocycles. The maximum absolute atomic E-state index is 10.8. The van der Waals surface area contributed by atoms with Gasteiger partial charge in [0, 0.05) is 12.2 Å². The second-order valence-electron chi connectivity index (χ2n) is 3.25. The number of allylic oxidation sites excluding steroid dienone is 2. The van der Waals surface area contributed by atoms with Crippen LogP contribution in [0.3, 0.4) is 0 Å². The first kappa shape index (κ1) is 10.6. The van der Waals surface area contributed by atoms with Gasteiger partial charge < -0.3 is 10.2 Å². The van der Waals surface area contributed by atoms with Gasteiger partial charge in [-0.2, -0.15) is 0 Å². The molecule has 0 spiro atoms. The molecular formula is C9H13NO4. The van der Waals surface area contributed by atoms with Gasteiger partial charge >= 0.3 is 12.1 Å². The molecule has 1 heterocycles. The topological polar surface area (TPSA) is 77.8 Å². The van der Waals surface area contributed by atoms with Crippen LogP contribution in [0.15, 0.2) is 11.8 Å². The Balaban J connectivity index is 2.77. The van der Waals surface area contributed by atoms with Crippen LogP contribution in [-0.4, -0.2) is 33.7 Å². The van der Waals surface area contributed by atoms with Crippen LogP contribution >= 0.6 is 0 Å². The zero-order valence-electron chi connectivity index (χ0n) is 7.93. The van der Waals surface area contributed by atoms with Gasteiger partial charge in [0.2, 0.25) is 0 Å². The summed E-state index contributed by atoms with van der Waals surface area (Å²) in [5.41, 5.74) is 0.690. The minimum Gasteiger partial charge on any atom is -0.481 e. The molecule has 0 bridgehead atoms. The lowest BCUT2D eigenvalue weighted by Crippen LogP contribution is -2.40. The molecule has 78 valence electrons. The number of carboxylic acid groups (broad SMARTS) is 2. The van der Waals surface area contributed by atoms with E-state index in [-0.39, 0.29) is 6.54 Å². The fourth-order valence-electron chi connectivity index (χ4n) is 1.59. The molecule has 5 heteroatoms. The number of amides is 1. The smallest absolute Gasteiger partial charge is 0.411 e. The van der Waals surface area contributed by atoms with Crippen molar-refractivity contribution in [3.8, 4) is 0 Å². The highest BCUT2D eigenvalue weighted by atomic mass is 16.4. The summed E-state index contributed by atoms with van der Waals surface area (Å²) < 4.78 is 0. The second kappa shape index (κ2) is 4.13. The van der Waals surface area contributed by atoms with E-state index in [1.807, 2.05) is 0 Å². The molecule has 0 aliphatic carbocycles. The Bertz CT molecular complexity index is 285. The Kier molecular flexibility index (Phi) is 3.11. The lowest BCUT2D eigenvalue weighted by molar-refractivity contribution is -0.142. The lowest BCUT2D eigenvalue weighted by Gasteiger charge is -2.30. The van der Waals surface area contributed by atoms with Gasteiger partial charge in [0.1, 0.15) is 0 Å². The van der Waals surface area contributed by atoms with Crippen LogP contribution in [0.5, 0.6) is 0 Å². The summed E-state index contributed by atoms with van der Waals surface area (Å²) in [6.45, 7) is 1.82. The van der Waals surface area contributed by atoms with E-state index in [1.54, 1.807) is 13.0 Å². The van der Waals surface area contributed by atoms with Crippen LogP contribution in [0, 0.1) is 5.92 Å². The monoisotopic (exact) mass is 199 g/mol. The zero-order chi connectivity index (χ0) is 10.7. The number of likely N-dealkylation sites (tertiary alicyclic amines) is 1.